The SMILES string of the molecule is Cc1nn(C)c(C)c1CCNC(=O)c1c(Cl)cccc1[N+](=O)[O-]. The molecule has 122 valence electrons. The summed E-state index contributed by atoms with van der Waals surface area (Å²) in [6, 6.07) is 4.16. The van der Waals surface area contributed by atoms with Crippen LogP contribution in [-0.4, -0.2) is 27.2 Å². The molecule has 0 unspecified atom stereocenters. The van der Waals surface area contributed by atoms with Crippen molar-refractivity contribution in [2.45, 2.75) is 20.3 Å². The lowest BCUT2D eigenvalue weighted by Gasteiger charge is -2.08. The first kappa shape index (κ1) is 17.0. The Morgan fingerprint density at radius 3 is 2.70 bits per heavy atom. The van der Waals surface area contributed by atoms with Crippen LogP contribution in [0.15, 0.2) is 18.2 Å². The molecule has 2 aromatic rings. The number of carbonyl (C=O) groups excluding carboxylic acids is 1. The molecule has 1 N–H and O–H groups in total. The van der Waals surface area contributed by atoms with E-state index in [1.165, 1.54) is 18.2 Å². The summed E-state index contributed by atoms with van der Waals surface area (Å²) in [6.07, 6.45) is 0.593. The van der Waals surface area contributed by atoms with Crippen LogP contribution in [0.4, 0.5) is 5.69 Å². The van der Waals surface area contributed by atoms with E-state index < -0.39 is 10.8 Å². The molecule has 0 aliphatic carbocycles. The van der Waals surface area contributed by atoms with Crippen LogP contribution in [0.1, 0.15) is 27.3 Å². The molecule has 0 saturated heterocycles. The molecule has 0 saturated carbocycles. The van der Waals surface area contributed by atoms with Gasteiger partial charge in [-0.2, -0.15) is 5.10 Å². The van der Waals surface area contributed by atoms with Gasteiger partial charge in [0.2, 0.25) is 0 Å². The Morgan fingerprint density at radius 2 is 2.13 bits per heavy atom. The highest BCUT2D eigenvalue weighted by atomic mass is 35.5. The van der Waals surface area contributed by atoms with E-state index in [1.54, 1.807) is 4.68 Å². The Hall–Kier alpha value is -2.41. The topological polar surface area (TPSA) is 90.1 Å². The first-order valence-corrected chi connectivity index (χ1v) is 7.41. The number of rotatable bonds is 5. The van der Waals surface area contributed by atoms with Crippen molar-refractivity contribution in [1.29, 1.82) is 0 Å². The maximum Gasteiger partial charge on any atom is 0.283 e. The third kappa shape index (κ3) is 3.50. The van der Waals surface area contributed by atoms with Crippen LogP contribution in [-0.2, 0) is 13.5 Å². The minimum atomic E-state index is -0.615. The van der Waals surface area contributed by atoms with E-state index in [2.05, 4.69) is 10.4 Å². The molecule has 23 heavy (non-hydrogen) atoms. The highest BCUT2D eigenvalue weighted by molar-refractivity contribution is 6.34. The molecule has 0 bridgehead atoms. The third-order valence-electron chi connectivity index (χ3n) is 3.73. The summed E-state index contributed by atoms with van der Waals surface area (Å²) in [5, 5.41) is 18.1. The molecule has 0 aliphatic rings. The summed E-state index contributed by atoms with van der Waals surface area (Å²) in [5.74, 6) is -0.554. The minimum absolute atomic E-state index is 0.0606. The lowest BCUT2D eigenvalue weighted by Crippen LogP contribution is -2.27. The number of amides is 1. The zero-order valence-electron chi connectivity index (χ0n) is 13.1. The molecule has 7 nitrogen and oxygen atoms in total. The van der Waals surface area contributed by atoms with Crippen molar-refractivity contribution < 1.29 is 9.72 Å². The van der Waals surface area contributed by atoms with Gasteiger partial charge >= 0.3 is 0 Å². The number of hydrogen-bond acceptors (Lipinski definition) is 4. The van der Waals surface area contributed by atoms with E-state index in [9.17, 15) is 14.9 Å². The molecule has 2 rings (SSSR count). The summed E-state index contributed by atoms with van der Waals surface area (Å²) in [7, 11) is 1.86. The molecule has 8 heteroatoms. The summed E-state index contributed by atoms with van der Waals surface area (Å²) < 4.78 is 1.78. The lowest BCUT2D eigenvalue weighted by molar-refractivity contribution is -0.385. The van der Waals surface area contributed by atoms with Crippen molar-refractivity contribution >= 4 is 23.2 Å². The van der Waals surface area contributed by atoms with E-state index in [-0.39, 0.29) is 16.3 Å². The van der Waals surface area contributed by atoms with Gasteiger partial charge in [-0.25, -0.2) is 0 Å². The van der Waals surface area contributed by atoms with Crippen LogP contribution in [0, 0.1) is 24.0 Å². The number of halogens is 1. The number of aromatic nitrogens is 2. The number of aryl methyl sites for hydroxylation is 2. The Labute approximate surface area is 138 Å². The molecule has 0 radical (unpaired) electrons. The molecule has 1 aromatic heterocycles. The number of hydrogen-bond donors (Lipinski definition) is 1. The van der Waals surface area contributed by atoms with Crippen molar-refractivity contribution in [3.05, 3.63) is 55.9 Å². The number of carbonyl (C=O) groups is 1. The number of nitrogens with one attached hydrogen (secondary N) is 1. The Balaban J connectivity index is 2.10. The van der Waals surface area contributed by atoms with Gasteiger partial charge in [0, 0.05) is 25.4 Å². The monoisotopic (exact) mass is 336 g/mol. The predicted octanol–water partition coefficient (Wildman–Crippen LogP) is 2.57. The van der Waals surface area contributed by atoms with Crippen molar-refractivity contribution in [3.8, 4) is 0 Å². The van der Waals surface area contributed by atoms with E-state index in [1.807, 2.05) is 20.9 Å². The maximum absolute atomic E-state index is 12.2. The zero-order valence-corrected chi connectivity index (χ0v) is 13.8. The molecular weight excluding hydrogens is 320 g/mol. The highest BCUT2D eigenvalue weighted by Crippen LogP contribution is 2.26. The molecule has 1 amide bonds. The number of benzene rings is 1. The average Bonchev–Trinajstić information content (AvgIpc) is 2.72. The van der Waals surface area contributed by atoms with Gasteiger partial charge in [-0.05, 0) is 31.9 Å². The largest absolute Gasteiger partial charge is 0.351 e. The summed E-state index contributed by atoms with van der Waals surface area (Å²) in [4.78, 5) is 22.6. The van der Waals surface area contributed by atoms with Gasteiger partial charge in [-0.15, -0.1) is 0 Å². The fourth-order valence-electron chi connectivity index (χ4n) is 2.46. The average molecular weight is 337 g/mol. The second-order valence-corrected chi connectivity index (χ2v) is 5.58. The molecule has 1 heterocycles. The lowest BCUT2D eigenvalue weighted by atomic mass is 10.1. The quantitative estimate of drug-likeness (QED) is 0.671. The number of nitrogens with zero attached hydrogens (tertiary/aromatic N) is 3. The van der Waals surface area contributed by atoms with Crippen molar-refractivity contribution in [2.24, 2.45) is 7.05 Å². The van der Waals surface area contributed by atoms with Gasteiger partial charge in [0.1, 0.15) is 5.56 Å². The van der Waals surface area contributed by atoms with E-state index in [4.69, 9.17) is 11.6 Å². The standard InChI is InChI=1S/C15H17ClN4O3/c1-9-11(10(2)19(3)18-9)7-8-17-15(21)14-12(16)5-4-6-13(14)20(22)23/h4-6H,7-8H2,1-3H3,(H,17,21). The Bertz CT molecular complexity index is 770. The van der Waals surface area contributed by atoms with Crippen molar-refractivity contribution in [2.75, 3.05) is 6.54 Å². The number of nitro benzene ring substituents is 1. The summed E-state index contributed by atoms with van der Waals surface area (Å²) in [6.45, 7) is 4.20. The molecule has 1 aromatic carbocycles. The molecule has 0 spiro atoms. The third-order valence-corrected chi connectivity index (χ3v) is 4.05. The molecule has 0 fully saturated rings. The first-order valence-electron chi connectivity index (χ1n) is 7.03. The smallest absolute Gasteiger partial charge is 0.283 e. The summed E-state index contributed by atoms with van der Waals surface area (Å²) in [5.41, 5.74) is 2.58. The second kappa shape index (κ2) is 6.78. The van der Waals surface area contributed by atoms with Gasteiger partial charge in [-0.3, -0.25) is 19.6 Å². The minimum Gasteiger partial charge on any atom is -0.351 e. The van der Waals surface area contributed by atoms with Gasteiger partial charge in [0.15, 0.2) is 0 Å². The fraction of sp³-hybridized carbons (Fsp3) is 0.333. The van der Waals surface area contributed by atoms with Gasteiger partial charge in [-0.1, -0.05) is 17.7 Å². The van der Waals surface area contributed by atoms with Gasteiger partial charge < -0.3 is 5.32 Å². The fourth-order valence-corrected chi connectivity index (χ4v) is 2.71. The zero-order chi connectivity index (χ0) is 17.1. The van der Waals surface area contributed by atoms with Crippen molar-refractivity contribution in [3.63, 3.8) is 0 Å². The van der Waals surface area contributed by atoms with E-state index >= 15 is 0 Å². The molecular formula is C15H17ClN4O3. The normalized spacial score (nSPS) is 10.6. The van der Waals surface area contributed by atoms with Gasteiger partial charge in [0.25, 0.3) is 11.6 Å². The van der Waals surface area contributed by atoms with Crippen LogP contribution in [0.25, 0.3) is 0 Å². The van der Waals surface area contributed by atoms with Crippen LogP contribution in [0.2, 0.25) is 5.02 Å². The second-order valence-electron chi connectivity index (χ2n) is 5.17. The van der Waals surface area contributed by atoms with Crippen LogP contribution in [0.5, 0.6) is 0 Å². The molecule has 0 atom stereocenters. The number of nitro groups is 1. The van der Waals surface area contributed by atoms with Crippen LogP contribution >= 0.6 is 11.6 Å². The Kier molecular flexibility index (Phi) is 5.00. The maximum atomic E-state index is 12.2. The van der Waals surface area contributed by atoms with E-state index in [0.717, 1.165) is 17.0 Å². The van der Waals surface area contributed by atoms with Gasteiger partial charge in [0.05, 0.1) is 15.6 Å². The summed E-state index contributed by atoms with van der Waals surface area (Å²) >= 11 is 5.94. The first-order chi connectivity index (χ1) is 10.8. The van der Waals surface area contributed by atoms with Crippen molar-refractivity contribution in [1.82, 2.24) is 15.1 Å². The highest BCUT2D eigenvalue weighted by Gasteiger charge is 2.23. The Morgan fingerprint density at radius 1 is 1.43 bits per heavy atom. The molecule has 0 aliphatic heterocycles. The van der Waals surface area contributed by atoms with E-state index in [0.29, 0.717) is 13.0 Å². The predicted molar refractivity (Wildman–Crippen MR) is 86.8 cm³/mol. The van der Waals surface area contributed by atoms with Crippen LogP contribution in [0.3, 0.4) is 0 Å². The van der Waals surface area contributed by atoms with Crippen LogP contribution < -0.4 is 5.32 Å².